The van der Waals surface area contributed by atoms with E-state index in [0.29, 0.717) is 5.56 Å². The van der Waals surface area contributed by atoms with Crippen LogP contribution in [0.15, 0.2) is 28.7 Å². The van der Waals surface area contributed by atoms with Crippen molar-refractivity contribution in [2.24, 2.45) is 0 Å². The van der Waals surface area contributed by atoms with Crippen molar-refractivity contribution in [3.8, 4) is 0 Å². The molecule has 1 amide bonds. The molecule has 0 aromatic heterocycles. The lowest BCUT2D eigenvalue weighted by Gasteiger charge is -1.95. The second kappa shape index (κ2) is 3.90. The number of carbonyl (C=O) groups is 1. The summed E-state index contributed by atoms with van der Waals surface area (Å²) in [7, 11) is 0. The van der Waals surface area contributed by atoms with E-state index in [2.05, 4.69) is 28.7 Å². The average molecular weight is 233 g/mol. The molecular formula is C7H7BrNOS+. The zero-order valence-electron chi connectivity index (χ0n) is 5.62. The molecule has 2 nitrogen and oxygen atoms in total. The normalized spacial score (nSPS) is 9.64. The lowest BCUT2D eigenvalue weighted by atomic mass is 10.2. The Bertz CT molecular complexity index is 277. The summed E-state index contributed by atoms with van der Waals surface area (Å²) in [6.07, 6.45) is 0. The number of hydrogen-bond acceptors (Lipinski definition) is 2. The van der Waals surface area contributed by atoms with Crippen LogP contribution in [0.4, 0.5) is 0 Å². The van der Waals surface area contributed by atoms with Gasteiger partial charge in [-0.15, -0.1) is 0 Å². The molecule has 0 spiro atoms. The van der Waals surface area contributed by atoms with Gasteiger partial charge in [-0.3, -0.25) is 0 Å². The molecule has 1 rings (SSSR count). The van der Waals surface area contributed by atoms with Crippen molar-refractivity contribution in [2.45, 2.75) is 0 Å². The summed E-state index contributed by atoms with van der Waals surface area (Å²) in [5.41, 5.74) is 0.641. The minimum atomic E-state index is -0.0826. The summed E-state index contributed by atoms with van der Waals surface area (Å²) in [6.45, 7) is 0. The number of nitrogens with two attached hydrogens (primary N) is 1. The number of carbonyl (C=O) groups excluding carboxylic acids is 1. The van der Waals surface area contributed by atoms with Crippen molar-refractivity contribution in [1.29, 1.82) is 0 Å². The van der Waals surface area contributed by atoms with Crippen LogP contribution in [0.2, 0.25) is 0 Å². The van der Waals surface area contributed by atoms with Crippen molar-refractivity contribution in [3.63, 3.8) is 0 Å². The summed E-state index contributed by atoms with van der Waals surface area (Å²) in [5.74, 6) is -0.0826. The third kappa shape index (κ3) is 2.05. The fourth-order valence-corrected chi connectivity index (χ4v) is 1.35. The van der Waals surface area contributed by atoms with Gasteiger partial charge in [0.15, 0.2) is 0 Å². The smallest absolute Gasteiger partial charge is 0.225 e. The van der Waals surface area contributed by atoms with Crippen LogP contribution < -0.4 is 4.72 Å². The van der Waals surface area contributed by atoms with E-state index in [-0.39, 0.29) is 5.91 Å². The molecule has 0 saturated heterocycles. The molecule has 0 bridgehead atoms. The van der Waals surface area contributed by atoms with Crippen molar-refractivity contribution in [3.05, 3.63) is 34.3 Å². The van der Waals surface area contributed by atoms with Crippen molar-refractivity contribution in [2.75, 3.05) is 0 Å². The van der Waals surface area contributed by atoms with Crippen LogP contribution in [0.5, 0.6) is 0 Å². The van der Waals surface area contributed by atoms with Gasteiger partial charge in [0.1, 0.15) is 0 Å². The zero-order valence-corrected chi connectivity index (χ0v) is 8.10. The highest BCUT2D eigenvalue weighted by Gasteiger charge is 2.10. The Balaban J connectivity index is 3.03. The summed E-state index contributed by atoms with van der Waals surface area (Å²) >= 11 is 7.04. The van der Waals surface area contributed by atoms with Crippen LogP contribution in [0, 0.1) is 0 Å². The van der Waals surface area contributed by atoms with Gasteiger partial charge in [0.25, 0.3) is 0 Å². The first-order chi connectivity index (χ1) is 5.25. The Labute approximate surface area is 78.7 Å². The van der Waals surface area contributed by atoms with Crippen LogP contribution in [0.3, 0.4) is 0 Å². The van der Waals surface area contributed by atoms with Crippen LogP contribution in [0.1, 0.15) is 10.4 Å². The highest BCUT2D eigenvalue weighted by Crippen LogP contribution is 2.14. The molecule has 4 heteroatoms. The van der Waals surface area contributed by atoms with Gasteiger partial charge in [-0.2, -0.15) is 0 Å². The Morgan fingerprint density at radius 1 is 1.45 bits per heavy atom. The quantitative estimate of drug-likeness (QED) is 0.697. The first-order valence-electron chi connectivity index (χ1n) is 3.02. The molecule has 2 N–H and O–H groups in total. The van der Waals surface area contributed by atoms with Gasteiger partial charge in [-0.1, -0.05) is 12.1 Å². The number of primary amides is 1. The maximum atomic E-state index is 11.1. The number of amides is 1. The van der Waals surface area contributed by atoms with Crippen LogP contribution in [-0.2, 0) is 0 Å². The van der Waals surface area contributed by atoms with Gasteiger partial charge in [-0.05, 0) is 28.1 Å². The van der Waals surface area contributed by atoms with Crippen molar-refractivity contribution in [1.82, 2.24) is 0 Å². The molecule has 0 atom stereocenters. The van der Waals surface area contributed by atoms with E-state index in [9.17, 15) is 4.79 Å². The molecule has 11 heavy (non-hydrogen) atoms. The lowest BCUT2D eigenvalue weighted by Crippen LogP contribution is -2.77. The van der Waals surface area contributed by atoms with E-state index in [0.717, 1.165) is 4.47 Å². The van der Waals surface area contributed by atoms with Gasteiger partial charge in [0.05, 0.1) is 18.4 Å². The Kier molecular flexibility index (Phi) is 3.11. The molecule has 0 heterocycles. The molecular weight excluding hydrogens is 226 g/mol. The number of benzene rings is 1. The number of halogens is 1. The average Bonchev–Trinajstić information content (AvgIpc) is 2.04. The topological polar surface area (TPSA) is 33.7 Å². The molecule has 0 fully saturated rings. The van der Waals surface area contributed by atoms with E-state index < -0.39 is 0 Å². The summed E-state index contributed by atoms with van der Waals surface area (Å²) in [4.78, 5) is 11.1. The number of quaternary nitrogens is 1. The minimum absolute atomic E-state index is 0.0826. The largest absolute Gasteiger partial charge is 0.354 e. The van der Waals surface area contributed by atoms with Gasteiger partial charge in [0, 0.05) is 4.47 Å². The highest BCUT2D eigenvalue weighted by atomic mass is 79.9. The Morgan fingerprint density at radius 2 is 2.09 bits per heavy atom. The minimum Gasteiger partial charge on any atom is -0.225 e. The Hall–Kier alpha value is -0.320. The SMILES string of the molecule is O=C([NH2+]S)c1ccccc1Br. The predicted octanol–water partition coefficient (Wildman–Crippen LogP) is 0.997. The molecule has 0 aliphatic heterocycles. The van der Waals surface area contributed by atoms with Crippen molar-refractivity contribution >= 4 is 34.7 Å². The molecule has 0 unspecified atom stereocenters. The maximum absolute atomic E-state index is 11.1. The summed E-state index contributed by atoms with van der Waals surface area (Å²) in [6, 6.07) is 7.25. The van der Waals surface area contributed by atoms with Crippen LogP contribution in [-0.4, -0.2) is 5.91 Å². The highest BCUT2D eigenvalue weighted by molar-refractivity contribution is 9.10. The second-order valence-electron chi connectivity index (χ2n) is 1.97. The van der Waals surface area contributed by atoms with Gasteiger partial charge < -0.3 is 0 Å². The molecule has 0 aliphatic rings. The lowest BCUT2D eigenvalue weighted by molar-refractivity contribution is -0.362. The second-order valence-corrected chi connectivity index (χ2v) is 3.09. The first-order valence-corrected chi connectivity index (χ1v) is 4.33. The fraction of sp³-hybridized carbons (Fsp3) is 0. The number of rotatable bonds is 1. The van der Waals surface area contributed by atoms with E-state index in [4.69, 9.17) is 0 Å². The van der Waals surface area contributed by atoms with Crippen molar-refractivity contribution < 1.29 is 9.52 Å². The number of hydrogen-bond donors (Lipinski definition) is 2. The van der Waals surface area contributed by atoms with Crippen LogP contribution in [0.25, 0.3) is 0 Å². The van der Waals surface area contributed by atoms with E-state index in [1.54, 1.807) is 6.07 Å². The molecule has 1 aromatic carbocycles. The van der Waals surface area contributed by atoms with E-state index in [1.807, 2.05) is 18.2 Å². The molecule has 0 aliphatic carbocycles. The standard InChI is InChI=1S/C7H6BrNOS/c8-6-4-2-1-3-5(6)7(10)9-11/h1-4,11H,(H,9,10)/p+1. The fourth-order valence-electron chi connectivity index (χ4n) is 0.731. The molecule has 0 saturated carbocycles. The maximum Gasteiger partial charge on any atom is 0.354 e. The molecule has 58 valence electrons. The van der Waals surface area contributed by atoms with Gasteiger partial charge in [0.2, 0.25) is 0 Å². The summed E-state index contributed by atoms with van der Waals surface area (Å²) in [5, 5.41) is 0. The Morgan fingerprint density at radius 3 is 2.64 bits per heavy atom. The third-order valence-electron chi connectivity index (χ3n) is 1.26. The predicted molar refractivity (Wildman–Crippen MR) is 49.4 cm³/mol. The van der Waals surface area contributed by atoms with E-state index >= 15 is 0 Å². The molecule has 1 aromatic rings. The number of thiol groups is 1. The summed E-state index contributed by atoms with van der Waals surface area (Å²) < 4.78 is 2.05. The zero-order chi connectivity index (χ0) is 8.27. The van der Waals surface area contributed by atoms with Gasteiger partial charge in [-0.25, -0.2) is 9.52 Å². The van der Waals surface area contributed by atoms with Crippen LogP contribution >= 0.6 is 28.7 Å². The molecule has 0 radical (unpaired) electrons. The van der Waals surface area contributed by atoms with E-state index in [1.165, 1.54) is 4.72 Å². The third-order valence-corrected chi connectivity index (χ3v) is 2.18. The first kappa shape index (κ1) is 8.77. The van der Waals surface area contributed by atoms with Gasteiger partial charge >= 0.3 is 5.91 Å². The monoisotopic (exact) mass is 232 g/mol.